The Hall–Kier alpha value is -1.03. The zero-order valence-corrected chi connectivity index (χ0v) is 11.1. The maximum atomic E-state index is 11.4. The normalized spacial score (nSPS) is 11.9. The second kappa shape index (κ2) is 6.53. The summed E-state index contributed by atoms with van der Waals surface area (Å²) in [6.45, 7) is 4.06. The van der Waals surface area contributed by atoms with E-state index in [1.807, 2.05) is 38.1 Å². The molecule has 0 saturated heterocycles. The molecule has 0 aliphatic carbocycles. The molecule has 1 aromatic rings. The van der Waals surface area contributed by atoms with Crippen molar-refractivity contribution >= 4 is 21.8 Å². The van der Waals surface area contributed by atoms with Crippen molar-refractivity contribution < 1.29 is 9.53 Å². The quantitative estimate of drug-likeness (QED) is 0.903. The second-order valence-electron chi connectivity index (χ2n) is 3.62. The summed E-state index contributed by atoms with van der Waals surface area (Å²) >= 11 is 3.33. The van der Waals surface area contributed by atoms with Gasteiger partial charge in [-0.15, -0.1) is 0 Å². The number of benzene rings is 1. The Labute approximate surface area is 104 Å². The van der Waals surface area contributed by atoms with Crippen LogP contribution in [0.2, 0.25) is 0 Å². The lowest BCUT2D eigenvalue weighted by molar-refractivity contribution is -0.123. The molecule has 1 atom stereocenters. The van der Waals surface area contributed by atoms with Crippen LogP contribution in [0.25, 0.3) is 0 Å². The molecule has 0 bridgehead atoms. The molecule has 1 rings (SSSR count). The summed E-state index contributed by atoms with van der Waals surface area (Å²) in [5.74, 6) is 0.611. The van der Waals surface area contributed by atoms with E-state index in [1.54, 1.807) is 0 Å². The molecule has 1 aromatic carbocycles. The predicted octanol–water partition coefficient (Wildman–Crippen LogP) is 2.74. The fraction of sp³-hybridized carbons (Fsp3) is 0.417. The first-order valence-electron chi connectivity index (χ1n) is 5.29. The number of hydrogen-bond donors (Lipinski definition) is 1. The first kappa shape index (κ1) is 13.0. The summed E-state index contributed by atoms with van der Waals surface area (Å²) in [6.07, 6.45) is 0.921. The topological polar surface area (TPSA) is 38.3 Å². The molecule has 1 N–H and O–H groups in total. The molecule has 0 saturated carbocycles. The Morgan fingerprint density at radius 2 is 2.06 bits per heavy atom. The van der Waals surface area contributed by atoms with Gasteiger partial charge in [-0.25, -0.2) is 0 Å². The number of hydrogen-bond acceptors (Lipinski definition) is 2. The van der Waals surface area contributed by atoms with Crippen LogP contribution in [0, 0.1) is 0 Å². The van der Waals surface area contributed by atoms with Crippen LogP contribution < -0.4 is 10.1 Å². The van der Waals surface area contributed by atoms with Gasteiger partial charge >= 0.3 is 0 Å². The lowest BCUT2D eigenvalue weighted by Gasteiger charge is -2.11. The van der Waals surface area contributed by atoms with Crippen molar-refractivity contribution in [2.24, 2.45) is 0 Å². The van der Waals surface area contributed by atoms with E-state index in [-0.39, 0.29) is 18.6 Å². The van der Waals surface area contributed by atoms with Crippen molar-refractivity contribution in [1.82, 2.24) is 5.32 Å². The Bertz CT molecular complexity index is 337. The monoisotopic (exact) mass is 285 g/mol. The van der Waals surface area contributed by atoms with E-state index in [0.717, 1.165) is 10.9 Å². The van der Waals surface area contributed by atoms with Gasteiger partial charge in [-0.05, 0) is 37.6 Å². The van der Waals surface area contributed by atoms with Crippen molar-refractivity contribution in [3.8, 4) is 5.75 Å². The van der Waals surface area contributed by atoms with E-state index in [1.165, 1.54) is 0 Å². The zero-order valence-electron chi connectivity index (χ0n) is 9.50. The number of rotatable bonds is 5. The third kappa shape index (κ3) is 4.66. The Morgan fingerprint density at radius 3 is 2.62 bits per heavy atom. The summed E-state index contributed by atoms with van der Waals surface area (Å²) in [4.78, 5) is 11.4. The molecule has 0 radical (unpaired) electrons. The average molecular weight is 286 g/mol. The zero-order chi connectivity index (χ0) is 12.0. The van der Waals surface area contributed by atoms with Crippen molar-refractivity contribution in [2.45, 2.75) is 26.3 Å². The molecule has 0 aliphatic rings. The molecule has 4 heteroatoms. The number of ether oxygens (including phenoxy) is 1. The van der Waals surface area contributed by atoms with Crippen LogP contribution in [0.15, 0.2) is 28.7 Å². The molecule has 0 heterocycles. The van der Waals surface area contributed by atoms with E-state index in [0.29, 0.717) is 5.75 Å². The highest BCUT2D eigenvalue weighted by Gasteiger charge is 2.05. The maximum absolute atomic E-state index is 11.4. The predicted molar refractivity (Wildman–Crippen MR) is 67.5 cm³/mol. The van der Waals surface area contributed by atoms with Crippen LogP contribution in [0.5, 0.6) is 5.75 Å². The van der Waals surface area contributed by atoms with Crippen molar-refractivity contribution in [2.75, 3.05) is 6.61 Å². The summed E-state index contributed by atoms with van der Waals surface area (Å²) in [6, 6.07) is 7.59. The van der Waals surface area contributed by atoms with Crippen LogP contribution in [0.1, 0.15) is 20.3 Å². The van der Waals surface area contributed by atoms with E-state index >= 15 is 0 Å². The molecule has 3 nitrogen and oxygen atoms in total. The van der Waals surface area contributed by atoms with Gasteiger partial charge in [-0.2, -0.15) is 0 Å². The first-order valence-corrected chi connectivity index (χ1v) is 6.09. The Balaban J connectivity index is 2.34. The third-order valence-corrected chi connectivity index (χ3v) is 2.73. The van der Waals surface area contributed by atoms with E-state index < -0.39 is 0 Å². The first-order chi connectivity index (χ1) is 7.61. The van der Waals surface area contributed by atoms with Gasteiger partial charge < -0.3 is 10.1 Å². The van der Waals surface area contributed by atoms with Gasteiger partial charge in [0.1, 0.15) is 5.75 Å². The number of amides is 1. The standard InChI is InChI=1S/C12H16BrNO2/c1-3-9(2)14-12(15)8-16-11-6-4-10(13)5-7-11/h4-7,9H,3,8H2,1-2H3,(H,14,15)/t9-/m1/s1. The second-order valence-corrected chi connectivity index (χ2v) is 4.54. The van der Waals surface area contributed by atoms with E-state index in [9.17, 15) is 4.79 Å². The number of nitrogens with one attached hydrogen (secondary N) is 1. The molecular formula is C12H16BrNO2. The molecule has 16 heavy (non-hydrogen) atoms. The molecule has 0 aliphatic heterocycles. The molecule has 0 aromatic heterocycles. The number of carbonyl (C=O) groups is 1. The highest BCUT2D eigenvalue weighted by Crippen LogP contribution is 2.15. The molecule has 0 unspecified atom stereocenters. The van der Waals surface area contributed by atoms with Gasteiger partial charge in [0.15, 0.2) is 6.61 Å². The SMILES string of the molecule is CC[C@@H](C)NC(=O)COc1ccc(Br)cc1. The van der Waals surface area contributed by atoms with Crippen LogP contribution in [0.4, 0.5) is 0 Å². The summed E-state index contributed by atoms with van der Waals surface area (Å²) < 4.78 is 6.33. The summed E-state index contributed by atoms with van der Waals surface area (Å²) in [7, 11) is 0. The van der Waals surface area contributed by atoms with Crippen molar-refractivity contribution in [3.05, 3.63) is 28.7 Å². The Morgan fingerprint density at radius 1 is 1.44 bits per heavy atom. The Kier molecular flexibility index (Phi) is 5.32. The van der Waals surface area contributed by atoms with Crippen molar-refractivity contribution in [3.63, 3.8) is 0 Å². The highest BCUT2D eigenvalue weighted by atomic mass is 79.9. The molecule has 88 valence electrons. The molecule has 1 amide bonds. The van der Waals surface area contributed by atoms with Crippen molar-refractivity contribution in [1.29, 1.82) is 0 Å². The fourth-order valence-corrected chi connectivity index (χ4v) is 1.36. The van der Waals surface area contributed by atoms with Gasteiger partial charge in [0, 0.05) is 10.5 Å². The molecular weight excluding hydrogens is 270 g/mol. The van der Waals surface area contributed by atoms with Crippen LogP contribution in [-0.2, 0) is 4.79 Å². The summed E-state index contributed by atoms with van der Waals surface area (Å²) in [5.41, 5.74) is 0. The number of carbonyl (C=O) groups excluding carboxylic acids is 1. The van der Waals surface area contributed by atoms with E-state index in [2.05, 4.69) is 21.2 Å². The van der Waals surface area contributed by atoms with Gasteiger partial charge in [0.2, 0.25) is 0 Å². The largest absolute Gasteiger partial charge is 0.484 e. The van der Waals surface area contributed by atoms with Gasteiger partial charge in [0.05, 0.1) is 0 Å². The smallest absolute Gasteiger partial charge is 0.258 e. The third-order valence-electron chi connectivity index (χ3n) is 2.20. The minimum absolute atomic E-state index is 0.0615. The molecule has 0 spiro atoms. The summed E-state index contributed by atoms with van der Waals surface area (Å²) in [5, 5.41) is 2.84. The minimum Gasteiger partial charge on any atom is -0.484 e. The maximum Gasteiger partial charge on any atom is 0.258 e. The minimum atomic E-state index is -0.0859. The lowest BCUT2D eigenvalue weighted by Crippen LogP contribution is -2.35. The molecule has 0 fully saturated rings. The fourth-order valence-electron chi connectivity index (χ4n) is 1.10. The average Bonchev–Trinajstić information content (AvgIpc) is 2.28. The van der Waals surface area contributed by atoms with Gasteiger partial charge in [-0.1, -0.05) is 22.9 Å². The van der Waals surface area contributed by atoms with Crippen LogP contribution in [-0.4, -0.2) is 18.6 Å². The van der Waals surface area contributed by atoms with Crippen LogP contribution in [0.3, 0.4) is 0 Å². The van der Waals surface area contributed by atoms with Gasteiger partial charge in [0.25, 0.3) is 5.91 Å². The van der Waals surface area contributed by atoms with Gasteiger partial charge in [-0.3, -0.25) is 4.79 Å². The lowest BCUT2D eigenvalue weighted by atomic mass is 10.2. The number of halogens is 1. The van der Waals surface area contributed by atoms with Crippen LogP contribution >= 0.6 is 15.9 Å². The highest BCUT2D eigenvalue weighted by molar-refractivity contribution is 9.10. The van der Waals surface area contributed by atoms with E-state index in [4.69, 9.17) is 4.74 Å².